The Morgan fingerprint density at radius 3 is 2.70 bits per heavy atom. The van der Waals surface area contributed by atoms with Crippen molar-refractivity contribution >= 4 is 45.8 Å². The van der Waals surface area contributed by atoms with Crippen molar-refractivity contribution in [3.63, 3.8) is 0 Å². The number of nitro groups is 1. The highest BCUT2D eigenvalue weighted by molar-refractivity contribution is 14.1. The van der Waals surface area contributed by atoms with Crippen LogP contribution in [0.3, 0.4) is 0 Å². The molecule has 7 nitrogen and oxygen atoms in total. The van der Waals surface area contributed by atoms with Crippen LogP contribution in [0.2, 0.25) is 0 Å². The van der Waals surface area contributed by atoms with Gasteiger partial charge in [-0.2, -0.15) is 0 Å². The molecule has 0 atom stereocenters. The molecule has 0 aliphatic rings. The van der Waals surface area contributed by atoms with Gasteiger partial charge in [-0.25, -0.2) is 9.78 Å². The summed E-state index contributed by atoms with van der Waals surface area (Å²) >= 11 is 2.10. The number of nitrogens with one attached hydrogen (secondary N) is 1. The Hall–Kier alpha value is -2.23. The number of carboxylic acid groups (broad SMARTS) is 1. The van der Waals surface area contributed by atoms with Crippen LogP contribution in [0, 0.1) is 13.7 Å². The van der Waals surface area contributed by atoms with Gasteiger partial charge in [-0.05, 0) is 46.9 Å². The third-order valence-corrected chi connectivity index (χ3v) is 3.05. The molecule has 0 amide bonds. The molecule has 0 radical (unpaired) electrons. The van der Waals surface area contributed by atoms with E-state index in [-0.39, 0.29) is 17.2 Å². The van der Waals surface area contributed by atoms with Crippen molar-refractivity contribution in [3.8, 4) is 0 Å². The summed E-state index contributed by atoms with van der Waals surface area (Å²) in [5.41, 5.74) is 0.0487. The van der Waals surface area contributed by atoms with Crippen molar-refractivity contribution in [1.82, 2.24) is 4.98 Å². The molecule has 8 heteroatoms. The molecule has 0 aliphatic carbocycles. The van der Waals surface area contributed by atoms with Gasteiger partial charge in [-0.15, -0.1) is 0 Å². The summed E-state index contributed by atoms with van der Waals surface area (Å²) in [6.07, 6.45) is 0. The molecule has 0 bridgehead atoms. The van der Waals surface area contributed by atoms with Gasteiger partial charge in [0.05, 0.1) is 4.92 Å². The fourth-order valence-corrected chi connectivity index (χ4v) is 2.06. The average molecular weight is 385 g/mol. The Morgan fingerprint density at radius 2 is 2.10 bits per heavy atom. The van der Waals surface area contributed by atoms with E-state index in [0.29, 0.717) is 5.69 Å². The van der Waals surface area contributed by atoms with Crippen LogP contribution >= 0.6 is 22.6 Å². The Labute approximate surface area is 126 Å². The van der Waals surface area contributed by atoms with Crippen LogP contribution in [0.1, 0.15) is 10.5 Å². The van der Waals surface area contributed by atoms with Crippen LogP contribution in [-0.4, -0.2) is 21.0 Å². The lowest BCUT2D eigenvalue weighted by Crippen LogP contribution is -2.06. The zero-order chi connectivity index (χ0) is 14.7. The number of hydrogen-bond donors (Lipinski definition) is 2. The molecular weight excluding hydrogens is 377 g/mol. The molecule has 2 N–H and O–H groups in total. The van der Waals surface area contributed by atoms with Gasteiger partial charge in [0.1, 0.15) is 0 Å². The van der Waals surface area contributed by atoms with E-state index in [4.69, 9.17) is 5.11 Å². The fraction of sp³-hybridized carbons (Fsp3) is 0. The number of pyridine rings is 1. The number of carboxylic acids is 1. The number of aromatic carboxylic acids is 1. The van der Waals surface area contributed by atoms with Gasteiger partial charge in [0.25, 0.3) is 0 Å². The average Bonchev–Trinajstić information content (AvgIpc) is 2.38. The smallest absolute Gasteiger partial charge is 0.354 e. The van der Waals surface area contributed by atoms with Crippen molar-refractivity contribution in [3.05, 3.63) is 55.8 Å². The summed E-state index contributed by atoms with van der Waals surface area (Å²) in [6.45, 7) is 0. The summed E-state index contributed by atoms with van der Waals surface area (Å²) in [5, 5.41) is 22.6. The van der Waals surface area contributed by atoms with E-state index >= 15 is 0 Å². The van der Waals surface area contributed by atoms with Crippen LogP contribution in [0.5, 0.6) is 0 Å². The summed E-state index contributed by atoms with van der Waals surface area (Å²) in [5.74, 6) is -1.34. The van der Waals surface area contributed by atoms with Gasteiger partial charge in [0.15, 0.2) is 5.69 Å². The number of carbonyl (C=O) groups is 1. The lowest BCUT2D eigenvalue weighted by atomic mass is 10.3. The van der Waals surface area contributed by atoms with E-state index < -0.39 is 10.9 Å². The molecule has 0 fully saturated rings. The number of aromatic nitrogens is 1. The highest BCUT2D eigenvalue weighted by Crippen LogP contribution is 2.26. The molecule has 20 heavy (non-hydrogen) atoms. The van der Waals surface area contributed by atoms with Gasteiger partial charge < -0.3 is 10.4 Å². The Balaban J connectivity index is 2.44. The zero-order valence-electron chi connectivity index (χ0n) is 9.91. The SMILES string of the molecule is O=C(O)c1ccc([N+](=O)[O-])c(Nc2cccc(I)c2)n1. The van der Waals surface area contributed by atoms with Gasteiger partial charge >= 0.3 is 11.7 Å². The summed E-state index contributed by atoms with van der Waals surface area (Å²) in [4.78, 5) is 25.0. The van der Waals surface area contributed by atoms with Crippen molar-refractivity contribution < 1.29 is 14.8 Å². The second kappa shape index (κ2) is 5.82. The molecule has 0 saturated carbocycles. The van der Waals surface area contributed by atoms with Crippen molar-refractivity contribution in [2.45, 2.75) is 0 Å². The molecular formula is C12H8IN3O4. The van der Waals surface area contributed by atoms with Crippen molar-refractivity contribution in [1.29, 1.82) is 0 Å². The first-order chi connectivity index (χ1) is 9.47. The maximum absolute atomic E-state index is 10.9. The van der Waals surface area contributed by atoms with Crippen LogP contribution < -0.4 is 5.32 Å². The largest absolute Gasteiger partial charge is 0.477 e. The van der Waals surface area contributed by atoms with Crippen LogP contribution in [0.4, 0.5) is 17.2 Å². The van der Waals surface area contributed by atoms with E-state index in [1.165, 1.54) is 0 Å². The standard InChI is InChI=1S/C12H8IN3O4/c13-7-2-1-3-8(6-7)14-11-10(16(19)20)5-4-9(15-11)12(17)18/h1-6H,(H,14,15)(H,17,18). The number of hydrogen-bond acceptors (Lipinski definition) is 5. The lowest BCUT2D eigenvalue weighted by molar-refractivity contribution is -0.384. The number of rotatable bonds is 4. The van der Waals surface area contributed by atoms with E-state index in [9.17, 15) is 14.9 Å². The van der Waals surface area contributed by atoms with Gasteiger partial charge in [-0.3, -0.25) is 10.1 Å². The van der Waals surface area contributed by atoms with E-state index in [2.05, 4.69) is 32.9 Å². The first-order valence-corrected chi connectivity index (χ1v) is 6.46. The van der Waals surface area contributed by atoms with E-state index in [1.54, 1.807) is 18.2 Å². The predicted molar refractivity (Wildman–Crippen MR) is 80.3 cm³/mol. The minimum Gasteiger partial charge on any atom is -0.477 e. The van der Waals surface area contributed by atoms with Crippen molar-refractivity contribution in [2.24, 2.45) is 0 Å². The van der Waals surface area contributed by atoms with E-state index in [0.717, 1.165) is 15.7 Å². The Bertz CT molecular complexity index is 690. The number of benzene rings is 1. The maximum atomic E-state index is 10.9. The third-order valence-electron chi connectivity index (χ3n) is 2.38. The molecule has 2 rings (SSSR count). The van der Waals surface area contributed by atoms with Gasteiger partial charge in [0, 0.05) is 15.3 Å². The number of nitrogens with zero attached hydrogens (tertiary/aromatic N) is 2. The number of halogens is 1. The van der Waals surface area contributed by atoms with E-state index in [1.807, 2.05) is 6.07 Å². The molecule has 0 aliphatic heterocycles. The second-order valence-corrected chi connectivity index (χ2v) is 5.01. The van der Waals surface area contributed by atoms with Crippen LogP contribution in [0.15, 0.2) is 36.4 Å². The molecule has 0 spiro atoms. The molecule has 0 unspecified atom stereocenters. The minimum atomic E-state index is -1.24. The highest BCUT2D eigenvalue weighted by atomic mass is 127. The summed E-state index contributed by atoms with van der Waals surface area (Å²) in [7, 11) is 0. The van der Waals surface area contributed by atoms with Crippen LogP contribution in [-0.2, 0) is 0 Å². The van der Waals surface area contributed by atoms with Crippen LogP contribution in [0.25, 0.3) is 0 Å². The zero-order valence-corrected chi connectivity index (χ0v) is 12.1. The van der Waals surface area contributed by atoms with Gasteiger partial charge in [0.2, 0.25) is 5.82 Å². The lowest BCUT2D eigenvalue weighted by Gasteiger charge is -2.07. The Kier molecular flexibility index (Phi) is 4.13. The number of anilines is 2. The maximum Gasteiger partial charge on any atom is 0.354 e. The molecule has 2 aromatic rings. The highest BCUT2D eigenvalue weighted by Gasteiger charge is 2.18. The summed E-state index contributed by atoms with van der Waals surface area (Å²) < 4.78 is 0.935. The molecule has 1 aromatic heterocycles. The quantitative estimate of drug-likeness (QED) is 0.476. The molecule has 1 aromatic carbocycles. The summed E-state index contributed by atoms with van der Waals surface area (Å²) in [6, 6.07) is 9.33. The topological polar surface area (TPSA) is 105 Å². The molecule has 0 saturated heterocycles. The molecule has 1 heterocycles. The predicted octanol–water partition coefficient (Wildman–Crippen LogP) is 3.04. The first-order valence-electron chi connectivity index (χ1n) is 5.38. The fourth-order valence-electron chi connectivity index (χ4n) is 1.51. The normalized spacial score (nSPS) is 10.1. The minimum absolute atomic E-state index is 0.100. The van der Waals surface area contributed by atoms with Gasteiger partial charge in [-0.1, -0.05) is 6.07 Å². The monoisotopic (exact) mass is 385 g/mol. The Morgan fingerprint density at radius 1 is 1.35 bits per heavy atom. The first kappa shape index (κ1) is 14.2. The second-order valence-electron chi connectivity index (χ2n) is 3.76. The van der Waals surface area contributed by atoms with Crippen molar-refractivity contribution in [2.75, 3.05) is 5.32 Å². The third kappa shape index (κ3) is 3.20. The molecule has 102 valence electrons.